The predicted molar refractivity (Wildman–Crippen MR) is 161 cm³/mol. The number of allylic oxidation sites excluding steroid dienone is 1. The Morgan fingerprint density at radius 2 is 1.65 bits per heavy atom. The molecule has 3 aromatic carbocycles. The van der Waals surface area contributed by atoms with Crippen LogP contribution < -0.4 is 4.74 Å². The van der Waals surface area contributed by atoms with E-state index in [1.165, 1.54) is 17.2 Å². The van der Waals surface area contributed by atoms with Crippen LogP contribution in [-0.2, 0) is 11.8 Å². The zero-order valence-corrected chi connectivity index (χ0v) is 23.3. The Kier molecular flexibility index (Phi) is 9.35. The van der Waals surface area contributed by atoms with Crippen LogP contribution >= 0.6 is 0 Å². The summed E-state index contributed by atoms with van der Waals surface area (Å²) in [6, 6.07) is 20.2. The van der Waals surface area contributed by atoms with Crippen molar-refractivity contribution in [2.75, 3.05) is 26.3 Å². The van der Waals surface area contributed by atoms with E-state index in [0.717, 1.165) is 66.9 Å². The van der Waals surface area contributed by atoms with Crippen molar-refractivity contribution in [2.45, 2.75) is 71.8 Å². The second kappa shape index (κ2) is 12.6. The number of halogens is 2. The number of phenols is 1. The van der Waals surface area contributed by atoms with Gasteiger partial charge in [0, 0.05) is 19.6 Å². The molecule has 1 atom stereocenters. The summed E-state index contributed by atoms with van der Waals surface area (Å²) < 4.78 is 34.0. The summed E-state index contributed by atoms with van der Waals surface area (Å²) in [7, 11) is 0. The molecular formula is C35H43F2NO2. The van der Waals surface area contributed by atoms with Crippen LogP contribution in [0.3, 0.4) is 0 Å². The Bertz CT molecular complexity index is 1320. The first-order valence-corrected chi connectivity index (χ1v) is 14.1. The first-order valence-electron chi connectivity index (χ1n) is 14.1. The molecule has 1 fully saturated rings. The largest absolute Gasteiger partial charge is 0.505 e. The molecule has 3 aromatic rings. The number of fused-ring (bicyclic) bond motifs is 1. The van der Waals surface area contributed by atoms with Gasteiger partial charge in [0.05, 0.1) is 6.67 Å². The van der Waals surface area contributed by atoms with E-state index in [0.29, 0.717) is 18.4 Å². The van der Waals surface area contributed by atoms with Gasteiger partial charge in [-0.15, -0.1) is 0 Å². The van der Waals surface area contributed by atoms with Crippen molar-refractivity contribution in [3.05, 3.63) is 94.3 Å². The van der Waals surface area contributed by atoms with Gasteiger partial charge in [-0.3, -0.25) is 9.29 Å². The predicted octanol–water partition coefficient (Wildman–Crippen LogP) is 8.57. The maximum Gasteiger partial charge on any atom is 0.168 e. The van der Waals surface area contributed by atoms with E-state index in [9.17, 15) is 9.50 Å². The lowest BCUT2D eigenvalue weighted by molar-refractivity contribution is 0.198. The molecule has 0 bridgehead atoms. The molecule has 0 saturated carbocycles. The first-order chi connectivity index (χ1) is 18.7. The fourth-order valence-corrected chi connectivity index (χ4v) is 5.88. The first kappa shape index (κ1) is 29.8. The molecule has 1 aliphatic carbocycles. The number of nitrogens with zero attached hydrogens (tertiary/aromatic N) is 1. The summed E-state index contributed by atoms with van der Waals surface area (Å²) in [4.78, 5) is 2.26. The van der Waals surface area contributed by atoms with Gasteiger partial charge in [-0.2, -0.15) is 0 Å². The van der Waals surface area contributed by atoms with E-state index in [1.807, 2.05) is 18.2 Å². The molecule has 214 valence electrons. The van der Waals surface area contributed by atoms with Crippen molar-refractivity contribution in [1.82, 2.24) is 4.90 Å². The molecule has 0 aromatic heterocycles. The third-order valence-electron chi connectivity index (χ3n) is 8.03. The molecule has 2 aliphatic rings. The minimum Gasteiger partial charge on any atom is -0.505 e. The number of aromatic hydroxyl groups is 1. The maximum atomic E-state index is 15.1. The van der Waals surface area contributed by atoms with Gasteiger partial charge in [0.15, 0.2) is 11.6 Å². The number of phenolic OH excluding ortho intramolecular Hbond substituents is 1. The normalized spacial score (nSPS) is 17.8. The fraction of sp³-hybridized carbons (Fsp3) is 0.429. The lowest BCUT2D eigenvalue weighted by atomic mass is 9.84. The van der Waals surface area contributed by atoms with Crippen LogP contribution in [0.1, 0.15) is 81.7 Å². The van der Waals surface area contributed by atoms with Gasteiger partial charge in [-0.05, 0) is 94.7 Å². The summed E-state index contributed by atoms with van der Waals surface area (Å²) in [6.07, 6.45) is 3.79. The van der Waals surface area contributed by atoms with E-state index >= 15 is 4.39 Å². The second-order valence-corrected chi connectivity index (χ2v) is 11.9. The number of hydrogen-bond acceptors (Lipinski definition) is 3. The lowest BCUT2D eigenvalue weighted by Crippen LogP contribution is -2.26. The summed E-state index contributed by atoms with van der Waals surface area (Å²) in [6.45, 7) is 8.87. The highest BCUT2D eigenvalue weighted by Gasteiger charge is 2.26. The molecule has 0 amide bonds. The molecule has 40 heavy (non-hydrogen) atoms. The molecule has 0 radical (unpaired) electrons. The summed E-state index contributed by atoms with van der Waals surface area (Å²) >= 11 is 0. The number of alkyl halides is 1. The third kappa shape index (κ3) is 6.41. The third-order valence-corrected chi connectivity index (χ3v) is 8.03. The summed E-state index contributed by atoms with van der Waals surface area (Å²) in [5.74, 6) is -0.0155. The number of likely N-dealkylation sites (tertiary alicyclic amines) is 1. The van der Waals surface area contributed by atoms with Crippen LogP contribution in [-0.4, -0.2) is 42.4 Å². The monoisotopic (exact) mass is 547 g/mol. The zero-order chi connectivity index (χ0) is 27.6. The van der Waals surface area contributed by atoms with Crippen LogP contribution in [0.5, 0.6) is 11.5 Å². The van der Waals surface area contributed by atoms with E-state index in [-0.39, 0.29) is 31.4 Å². The van der Waals surface area contributed by atoms with Gasteiger partial charge < -0.3 is 9.84 Å². The van der Waals surface area contributed by atoms with Crippen LogP contribution in [0.2, 0.25) is 0 Å². The van der Waals surface area contributed by atoms with Crippen molar-refractivity contribution in [1.29, 1.82) is 0 Å². The standard InChI is InChI=1S/C34H39F2NO2.CH4/c1-34(2,3)25-12-8-23(9-13-25)28-6-4-7-30-29(16-17-31(38)33(30)36)32(28)24-10-14-26(15-11-24)39-27-18-21-37(22-27)20-5-19-35;/h8-17,27,38H,4-7,18-22H2,1-3H3;1H4/t27-;/m0./s1. The minimum atomic E-state index is -0.521. The summed E-state index contributed by atoms with van der Waals surface area (Å²) in [5.41, 5.74) is 7.08. The maximum absolute atomic E-state index is 15.1. The quantitative estimate of drug-likeness (QED) is 0.322. The van der Waals surface area contributed by atoms with E-state index in [2.05, 4.69) is 62.1 Å². The highest BCUT2D eigenvalue weighted by Crippen LogP contribution is 2.42. The Labute approximate surface area is 238 Å². The van der Waals surface area contributed by atoms with Crippen molar-refractivity contribution in [3.8, 4) is 11.5 Å². The van der Waals surface area contributed by atoms with Gasteiger partial charge in [0.2, 0.25) is 0 Å². The van der Waals surface area contributed by atoms with Crippen LogP contribution in [0.25, 0.3) is 11.1 Å². The summed E-state index contributed by atoms with van der Waals surface area (Å²) in [5, 5.41) is 10.1. The van der Waals surface area contributed by atoms with E-state index in [4.69, 9.17) is 4.74 Å². The molecule has 0 unspecified atom stereocenters. The molecule has 3 nitrogen and oxygen atoms in total. The number of hydrogen-bond donors (Lipinski definition) is 1. The molecule has 1 heterocycles. The van der Waals surface area contributed by atoms with Gasteiger partial charge >= 0.3 is 0 Å². The van der Waals surface area contributed by atoms with E-state index < -0.39 is 5.82 Å². The lowest BCUT2D eigenvalue weighted by Gasteiger charge is -2.21. The molecule has 5 rings (SSSR count). The van der Waals surface area contributed by atoms with Crippen LogP contribution in [0.15, 0.2) is 60.7 Å². The smallest absolute Gasteiger partial charge is 0.168 e. The average molecular weight is 548 g/mol. The van der Waals surface area contributed by atoms with Crippen molar-refractivity contribution < 1.29 is 18.6 Å². The topological polar surface area (TPSA) is 32.7 Å². The minimum absolute atomic E-state index is 0. The van der Waals surface area contributed by atoms with Gasteiger partial charge in [-0.1, -0.05) is 70.7 Å². The van der Waals surface area contributed by atoms with Crippen molar-refractivity contribution in [2.24, 2.45) is 0 Å². The van der Waals surface area contributed by atoms with Crippen molar-refractivity contribution >= 4 is 11.1 Å². The number of benzene rings is 3. The highest BCUT2D eigenvalue weighted by atomic mass is 19.1. The highest BCUT2D eigenvalue weighted by molar-refractivity contribution is 6.00. The molecule has 1 aliphatic heterocycles. The Morgan fingerprint density at radius 1 is 0.950 bits per heavy atom. The zero-order valence-electron chi connectivity index (χ0n) is 23.3. The molecule has 0 spiro atoms. The van der Waals surface area contributed by atoms with Gasteiger partial charge in [-0.25, -0.2) is 4.39 Å². The van der Waals surface area contributed by atoms with Crippen LogP contribution in [0, 0.1) is 5.82 Å². The molecular weight excluding hydrogens is 504 g/mol. The number of rotatable bonds is 7. The van der Waals surface area contributed by atoms with Gasteiger partial charge in [0.1, 0.15) is 11.9 Å². The number of ether oxygens (including phenoxy) is 1. The van der Waals surface area contributed by atoms with Gasteiger partial charge in [0.25, 0.3) is 0 Å². The Balaban J connectivity index is 0.00000370. The Hall–Kier alpha value is -3.18. The van der Waals surface area contributed by atoms with Crippen LogP contribution in [0.4, 0.5) is 8.78 Å². The molecule has 5 heteroatoms. The average Bonchev–Trinajstić information content (AvgIpc) is 3.27. The fourth-order valence-electron chi connectivity index (χ4n) is 5.88. The van der Waals surface area contributed by atoms with E-state index in [1.54, 1.807) is 0 Å². The van der Waals surface area contributed by atoms with Crippen molar-refractivity contribution in [3.63, 3.8) is 0 Å². The SMILES string of the molecule is C.CC(C)(C)c1ccc(C2=C(c3ccc(O[C@H]4CCN(CCCF)C4)cc3)c3ccc(O)c(F)c3CCC2)cc1. The second-order valence-electron chi connectivity index (χ2n) is 11.9. The Morgan fingerprint density at radius 3 is 2.33 bits per heavy atom. The molecule has 1 N–H and O–H groups in total. The molecule has 1 saturated heterocycles.